The Labute approximate surface area is 206 Å². The predicted molar refractivity (Wildman–Crippen MR) is 135 cm³/mol. The van der Waals surface area contributed by atoms with Crippen LogP contribution in [0.5, 0.6) is 11.5 Å². The van der Waals surface area contributed by atoms with Gasteiger partial charge in [0.2, 0.25) is 11.9 Å². The number of fused-ring (bicyclic) bond motifs is 1. The maximum Gasteiger partial charge on any atom is 0.295 e. The van der Waals surface area contributed by atoms with Crippen LogP contribution in [0.15, 0.2) is 53.5 Å². The Kier molecular flexibility index (Phi) is 7.21. The third-order valence-electron chi connectivity index (χ3n) is 5.10. The lowest BCUT2D eigenvalue weighted by Gasteiger charge is -2.20. The number of aromatic nitrogens is 4. The topological polar surface area (TPSA) is 114 Å². The van der Waals surface area contributed by atoms with Gasteiger partial charge in [-0.15, -0.1) is 0 Å². The molecule has 0 spiro atoms. The van der Waals surface area contributed by atoms with Crippen molar-refractivity contribution in [1.82, 2.24) is 19.7 Å². The van der Waals surface area contributed by atoms with Crippen LogP contribution in [-0.2, 0) is 4.79 Å². The highest BCUT2D eigenvalue weighted by Crippen LogP contribution is 2.30. The molecular weight excluding hydrogens is 472 g/mol. The molecule has 2 heterocycles. The van der Waals surface area contributed by atoms with Crippen molar-refractivity contribution in [1.29, 1.82) is 0 Å². The molecule has 2 N–H and O–H groups in total. The monoisotopic (exact) mass is 496 g/mol. The average molecular weight is 497 g/mol. The summed E-state index contributed by atoms with van der Waals surface area (Å²) in [6, 6.07) is 12.6. The average Bonchev–Trinajstić information content (AvgIpc) is 3.26. The molecule has 4 rings (SSSR count). The van der Waals surface area contributed by atoms with Gasteiger partial charge in [-0.3, -0.25) is 9.59 Å². The smallest absolute Gasteiger partial charge is 0.295 e. The van der Waals surface area contributed by atoms with E-state index in [0.29, 0.717) is 41.6 Å². The Balaban J connectivity index is 1.49. The second-order valence-electron chi connectivity index (χ2n) is 7.57. The number of benzene rings is 2. The minimum absolute atomic E-state index is 0.0628. The largest absolute Gasteiger partial charge is 0.490 e. The van der Waals surface area contributed by atoms with Gasteiger partial charge in [0.15, 0.2) is 11.5 Å². The van der Waals surface area contributed by atoms with Crippen molar-refractivity contribution in [3.63, 3.8) is 0 Å². The van der Waals surface area contributed by atoms with Crippen LogP contribution in [0.3, 0.4) is 0 Å². The van der Waals surface area contributed by atoms with E-state index in [1.165, 1.54) is 6.20 Å². The summed E-state index contributed by atoms with van der Waals surface area (Å²) in [6.45, 7) is 4.66. The molecule has 0 bridgehead atoms. The number of aromatic amines is 1. The van der Waals surface area contributed by atoms with Crippen molar-refractivity contribution in [2.24, 2.45) is 0 Å². The zero-order valence-electron chi connectivity index (χ0n) is 19.5. The molecule has 0 saturated carbocycles. The minimum atomic E-state index is -0.552. The van der Waals surface area contributed by atoms with Crippen molar-refractivity contribution in [3.8, 4) is 17.4 Å². The maximum atomic E-state index is 12.9. The second kappa shape index (κ2) is 10.5. The quantitative estimate of drug-likeness (QED) is 0.363. The number of carbonyl (C=O) groups excluding carboxylic acids is 1. The van der Waals surface area contributed by atoms with Crippen LogP contribution in [0.4, 0.5) is 11.4 Å². The SMILES string of the molecule is CCOc1ccc(NC(=O)CN(C)c2cnn(-c3nc4ccccc4[nH]3)c(=O)c2Cl)cc1OCC. The van der Waals surface area contributed by atoms with Crippen LogP contribution < -0.4 is 25.2 Å². The van der Waals surface area contributed by atoms with E-state index in [2.05, 4.69) is 20.4 Å². The van der Waals surface area contributed by atoms with Gasteiger partial charge in [-0.1, -0.05) is 23.7 Å². The second-order valence-corrected chi connectivity index (χ2v) is 7.95. The number of rotatable bonds is 9. The molecule has 35 heavy (non-hydrogen) atoms. The highest BCUT2D eigenvalue weighted by molar-refractivity contribution is 6.33. The highest BCUT2D eigenvalue weighted by Gasteiger charge is 2.18. The lowest BCUT2D eigenvalue weighted by molar-refractivity contribution is -0.114. The molecule has 0 atom stereocenters. The van der Waals surface area contributed by atoms with E-state index in [4.69, 9.17) is 21.1 Å². The number of H-pyrrole nitrogens is 1. The summed E-state index contributed by atoms with van der Waals surface area (Å²) in [5.41, 5.74) is 1.79. The molecular formula is C24H25ClN6O4. The first-order chi connectivity index (χ1) is 16.9. The third kappa shape index (κ3) is 5.22. The van der Waals surface area contributed by atoms with Gasteiger partial charge in [0.1, 0.15) is 5.02 Å². The number of imidazole rings is 1. The fourth-order valence-corrected chi connectivity index (χ4v) is 3.78. The van der Waals surface area contributed by atoms with Gasteiger partial charge in [0, 0.05) is 18.8 Å². The first-order valence-electron chi connectivity index (χ1n) is 11.0. The van der Waals surface area contributed by atoms with Gasteiger partial charge in [-0.05, 0) is 38.1 Å². The number of nitrogens with zero attached hydrogens (tertiary/aromatic N) is 4. The number of likely N-dealkylation sites (N-methyl/N-ethyl adjacent to an activating group) is 1. The molecule has 0 unspecified atom stereocenters. The van der Waals surface area contributed by atoms with Crippen molar-refractivity contribution in [2.75, 3.05) is 37.0 Å². The summed E-state index contributed by atoms with van der Waals surface area (Å²) < 4.78 is 12.2. The summed E-state index contributed by atoms with van der Waals surface area (Å²) in [7, 11) is 1.65. The van der Waals surface area contributed by atoms with Gasteiger partial charge < -0.3 is 24.7 Å². The van der Waals surface area contributed by atoms with Gasteiger partial charge in [0.25, 0.3) is 5.56 Å². The minimum Gasteiger partial charge on any atom is -0.490 e. The fraction of sp³-hybridized carbons (Fsp3) is 0.250. The number of halogens is 1. The van der Waals surface area contributed by atoms with Crippen LogP contribution in [0.2, 0.25) is 5.02 Å². The number of nitrogens with one attached hydrogen (secondary N) is 2. The summed E-state index contributed by atoms with van der Waals surface area (Å²) in [5.74, 6) is 1.09. The standard InChI is InChI=1S/C24H25ClN6O4/c1-4-34-19-11-10-15(12-20(19)35-5-2)27-21(32)14-30(3)18-13-26-31(23(33)22(18)25)24-28-16-8-6-7-9-17(16)29-24/h6-13H,4-5,14H2,1-3H3,(H,27,32)(H,28,29). The molecule has 10 nitrogen and oxygen atoms in total. The lowest BCUT2D eigenvalue weighted by atomic mass is 10.2. The molecule has 0 saturated heterocycles. The summed E-state index contributed by atoms with van der Waals surface area (Å²) in [6.07, 6.45) is 1.42. The van der Waals surface area contributed by atoms with E-state index >= 15 is 0 Å². The van der Waals surface area contributed by atoms with Crippen LogP contribution in [-0.4, -0.2) is 52.5 Å². The van der Waals surface area contributed by atoms with Gasteiger partial charge in [-0.2, -0.15) is 9.78 Å². The van der Waals surface area contributed by atoms with Crippen LogP contribution in [0.1, 0.15) is 13.8 Å². The highest BCUT2D eigenvalue weighted by atomic mass is 35.5. The number of hydrogen-bond donors (Lipinski definition) is 2. The zero-order chi connectivity index (χ0) is 24.9. The molecule has 11 heteroatoms. The summed E-state index contributed by atoms with van der Waals surface area (Å²) >= 11 is 6.37. The Hall–Kier alpha value is -4.05. The molecule has 0 radical (unpaired) electrons. The van der Waals surface area contributed by atoms with E-state index in [9.17, 15) is 9.59 Å². The summed E-state index contributed by atoms with van der Waals surface area (Å²) in [4.78, 5) is 34.5. The van der Waals surface area contributed by atoms with Gasteiger partial charge in [-0.25, -0.2) is 4.98 Å². The van der Waals surface area contributed by atoms with Gasteiger partial charge >= 0.3 is 0 Å². The van der Waals surface area contributed by atoms with E-state index in [1.54, 1.807) is 30.1 Å². The van der Waals surface area contributed by atoms with Crippen molar-refractivity contribution >= 4 is 39.9 Å². The number of anilines is 2. The Morgan fingerprint density at radius 2 is 1.89 bits per heavy atom. The van der Waals surface area contributed by atoms with Crippen molar-refractivity contribution < 1.29 is 14.3 Å². The van der Waals surface area contributed by atoms with Crippen LogP contribution in [0, 0.1) is 0 Å². The maximum absolute atomic E-state index is 12.9. The molecule has 1 amide bonds. The molecule has 0 aliphatic rings. The van der Waals surface area contributed by atoms with Crippen molar-refractivity contribution in [2.45, 2.75) is 13.8 Å². The van der Waals surface area contributed by atoms with Gasteiger partial charge in [0.05, 0.1) is 42.7 Å². The Morgan fingerprint density at radius 1 is 1.14 bits per heavy atom. The first kappa shape index (κ1) is 24.1. The van der Waals surface area contributed by atoms with Crippen LogP contribution in [0.25, 0.3) is 17.0 Å². The molecule has 182 valence electrons. The van der Waals surface area contributed by atoms with E-state index < -0.39 is 5.56 Å². The Morgan fingerprint density at radius 3 is 2.63 bits per heavy atom. The number of ether oxygens (including phenoxy) is 2. The number of amides is 1. The van der Waals surface area contributed by atoms with E-state index in [-0.39, 0.29) is 23.4 Å². The number of hydrogen-bond acceptors (Lipinski definition) is 7. The molecule has 2 aromatic carbocycles. The van der Waals surface area contributed by atoms with Crippen LogP contribution >= 0.6 is 11.6 Å². The molecule has 4 aromatic rings. The fourth-order valence-electron chi connectivity index (χ4n) is 3.51. The number of para-hydroxylation sites is 2. The normalized spacial score (nSPS) is 10.9. The summed E-state index contributed by atoms with van der Waals surface area (Å²) in [5, 5.41) is 6.94. The molecule has 0 aliphatic heterocycles. The third-order valence-corrected chi connectivity index (χ3v) is 5.45. The Bertz CT molecular complexity index is 1380. The van der Waals surface area contributed by atoms with E-state index in [0.717, 1.165) is 10.2 Å². The number of carbonyl (C=O) groups is 1. The van der Waals surface area contributed by atoms with E-state index in [1.807, 2.05) is 38.1 Å². The first-order valence-corrected chi connectivity index (χ1v) is 11.4. The molecule has 2 aromatic heterocycles. The predicted octanol–water partition coefficient (Wildman–Crippen LogP) is 3.63. The van der Waals surface area contributed by atoms with Crippen molar-refractivity contribution in [3.05, 3.63) is 64.0 Å². The molecule has 0 aliphatic carbocycles. The molecule has 0 fully saturated rings. The lowest BCUT2D eigenvalue weighted by Crippen LogP contribution is -2.32. The zero-order valence-corrected chi connectivity index (χ0v) is 20.3.